The fourth-order valence-electron chi connectivity index (χ4n) is 3.40. The van der Waals surface area contributed by atoms with E-state index in [1.54, 1.807) is 22.6 Å². The average Bonchev–Trinajstić information content (AvgIpc) is 3.03. The van der Waals surface area contributed by atoms with Crippen LogP contribution in [0.1, 0.15) is 21.7 Å². The molecule has 136 valence electrons. The molecule has 1 amide bonds. The maximum absolute atomic E-state index is 12.8. The summed E-state index contributed by atoms with van der Waals surface area (Å²) in [6.07, 6.45) is 0.393. The Morgan fingerprint density at radius 1 is 1.11 bits per heavy atom. The summed E-state index contributed by atoms with van der Waals surface area (Å²) < 4.78 is 1.78. The molecule has 27 heavy (non-hydrogen) atoms. The smallest absolute Gasteiger partial charge is 0.268 e. The third-order valence-corrected chi connectivity index (χ3v) is 4.89. The van der Waals surface area contributed by atoms with Crippen LogP contribution in [0.5, 0.6) is 0 Å². The van der Waals surface area contributed by atoms with Gasteiger partial charge in [-0.05, 0) is 29.8 Å². The predicted molar refractivity (Wildman–Crippen MR) is 106 cm³/mol. The molecule has 0 fully saturated rings. The van der Waals surface area contributed by atoms with Gasteiger partial charge in [-0.1, -0.05) is 35.9 Å². The van der Waals surface area contributed by atoms with Crippen molar-refractivity contribution in [2.45, 2.75) is 13.0 Å². The van der Waals surface area contributed by atoms with Crippen molar-refractivity contribution < 1.29 is 9.90 Å². The van der Waals surface area contributed by atoms with Crippen LogP contribution in [0.25, 0.3) is 16.3 Å². The lowest BCUT2D eigenvalue weighted by Crippen LogP contribution is -2.27. The molecular formula is C21H17ClN2O3. The minimum absolute atomic E-state index is 0.0424. The van der Waals surface area contributed by atoms with Gasteiger partial charge in [-0.15, -0.1) is 0 Å². The Morgan fingerprint density at radius 3 is 2.63 bits per heavy atom. The molecule has 0 radical (unpaired) electrons. The lowest BCUT2D eigenvalue weighted by molar-refractivity contribution is 0.0944. The molecule has 0 aliphatic heterocycles. The molecule has 0 unspecified atom stereocenters. The second-order valence-corrected chi connectivity index (χ2v) is 6.83. The normalized spacial score (nSPS) is 11.3. The lowest BCUT2D eigenvalue weighted by Gasteiger charge is -2.11. The molecular weight excluding hydrogens is 364 g/mol. The number of carbonyl (C=O) groups is 1. The first-order chi connectivity index (χ1) is 13.1. The van der Waals surface area contributed by atoms with Crippen LogP contribution in [0, 0.1) is 0 Å². The first-order valence-electron chi connectivity index (χ1n) is 8.62. The highest BCUT2D eigenvalue weighted by atomic mass is 35.5. The van der Waals surface area contributed by atoms with Crippen LogP contribution in [-0.4, -0.2) is 22.0 Å². The summed E-state index contributed by atoms with van der Waals surface area (Å²) in [7, 11) is 0. The second-order valence-electron chi connectivity index (χ2n) is 6.39. The Bertz CT molecular complexity index is 1180. The number of aliphatic hydroxyl groups excluding tert-OH is 1. The zero-order chi connectivity index (χ0) is 19.0. The van der Waals surface area contributed by atoms with Crippen molar-refractivity contribution in [2.24, 2.45) is 0 Å². The van der Waals surface area contributed by atoms with E-state index in [2.05, 4.69) is 5.32 Å². The van der Waals surface area contributed by atoms with Gasteiger partial charge in [0.05, 0.1) is 5.52 Å². The van der Waals surface area contributed by atoms with Crippen molar-refractivity contribution in [1.29, 1.82) is 0 Å². The van der Waals surface area contributed by atoms with Crippen molar-refractivity contribution in [2.75, 3.05) is 6.61 Å². The zero-order valence-electron chi connectivity index (χ0n) is 14.4. The number of pyridine rings is 1. The second kappa shape index (κ2) is 7.02. The van der Waals surface area contributed by atoms with Gasteiger partial charge >= 0.3 is 0 Å². The number of benzene rings is 2. The van der Waals surface area contributed by atoms with Gasteiger partial charge in [-0.2, -0.15) is 0 Å². The molecule has 6 heteroatoms. The molecule has 4 aromatic rings. The third-order valence-electron chi connectivity index (χ3n) is 4.64. The van der Waals surface area contributed by atoms with Crippen LogP contribution in [0.2, 0.25) is 5.02 Å². The molecule has 2 aromatic carbocycles. The number of nitrogens with one attached hydrogen (secondary N) is 1. The topological polar surface area (TPSA) is 70.8 Å². The maximum Gasteiger partial charge on any atom is 0.268 e. The first-order valence-corrected chi connectivity index (χ1v) is 8.99. The molecule has 0 bridgehead atoms. The lowest BCUT2D eigenvalue weighted by atomic mass is 10.1. The summed E-state index contributed by atoms with van der Waals surface area (Å²) in [6, 6.07) is 15.9. The monoisotopic (exact) mass is 380 g/mol. The summed E-state index contributed by atoms with van der Waals surface area (Å²) in [5.74, 6) is -0.343. The fourth-order valence-corrected chi connectivity index (χ4v) is 3.52. The minimum Gasteiger partial charge on any atom is -0.396 e. The highest BCUT2D eigenvalue weighted by Crippen LogP contribution is 2.25. The molecule has 5 nitrogen and oxygen atoms in total. The number of carbonyl (C=O) groups excluding carboxylic acids is 1. The van der Waals surface area contributed by atoms with Gasteiger partial charge in [0, 0.05) is 47.1 Å². The Labute approximate surface area is 160 Å². The molecule has 0 atom stereocenters. The van der Waals surface area contributed by atoms with Crippen molar-refractivity contribution in [3.63, 3.8) is 0 Å². The number of nitrogens with zero attached hydrogens (tertiary/aromatic N) is 1. The van der Waals surface area contributed by atoms with Crippen molar-refractivity contribution in [3.05, 3.63) is 86.8 Å². The van der Waals surface area contributed by atoms with Gasteiger partial charge in [-0.25, -0.2) is 0 Å². The summed E-state index contributed by atoms with van der Waals surface area (Å²) >= 11 is 5.88. The molecule has 0 spiro atoms. The number of para-hydroxylation sites is 1. The Balaban J connectivity index is 1.77. The van der Waals surface area contributed by atoms with Gasteiger partial charge in [0.15, 0.2) is 5.43 Å². The van der Waals surface area contributed by atoms with Gasteiger partial charge in [-0.3, -0.25) is 9.59 Å². The zero-order valence-corrected chi connectivity index (χ0v) is 15.2. The van der Waals surface area contributed by atoms with Crippen LogP contribution in [0.4, 0.5) is 0 Å². The number of aliphatic hydroxyl groups is 1. The quantitative estimate of drug-likeness (QED) is 0.559. The minimum atomic E-state index is -0.343. The van der Waals surface area contributed by atoms with E-state index in [1.807, 2.05) is 30.3 Å². The third kappa shape index (κ3) is 3.16. The molecule has 2 N–H and O–H groups in total. The number of amides is 1. The van der Waals surface area contributed by atoms with Crippen LogP contribution in [0.15, 0.2) is 59.4 Å². The Morgan fingerprint density at radius 2 is 1.89 bits per heavy atom. The molecule has 0 saturated carbocycles. The van der Waals surface area contributed by atoms with Crippen molar-refractivity contribution in [3.8, 4) is 0 Å². The summed E-state index contributed by atoms with van der Waals surface area (Å²) in [4.78, 5) is 25.4. The molecule has 2 aromatic heterocycles. The number of rotatable bonds is 5. The van der Waals surface area contributed by atoms with Crippen LogP contribution >= 0.6 is 11.6 Å². The highest BCUT2D eigenvalue weighted by molar-refractivity contribution is 6.30. The van der Waals surface area contributed by atoms with Crippen LogP contribution < -0.4 is 10.7 Å². The SMILES string of the molecule is O=C(NCc1ccc(Cl)cc1)c1cc(=O)c2cccc3cc(CCO)n1c32. The molecule has 2 heterocycles. The Kier molecular flexibility index (Phi) is 4.56. The van der Waals surface area contributed by atoms with E-state index in [1.165, 1.54) is 6.07 Å². The molecule has 0 aliphatic rings. The van der Waals surface area contributed by atoms with Crippen LogP contribution in [-0.2, 0) is 13.0 Å². The number of hydrogen-bond donors (Lipinski definition) is 2. The number of halogens is 1. The summed E-state index contributed by atoms with van der Waals surface area (Å²) in [6.45, 7) is 0.280. The van der Waals surface area contributed by atoms with Gasteiger partial charge in [0.2, 0.25) is 0 Å². The van der Waals surface area contributed by atoms with E-state index in [4.69, 9.17) is 11.6 Å². The molecule has 0 aliphatic carbocycles. The highest BCUT2D eigenvalue weighted by Gasteiger charge is 2.18. The predicted octanol–water partition coefficient (Wildman–Crippen LogP) is 3.01. The number of aromatic nitrogens is 1. The van der Waals surface area contributed by atoms with Gasteiger partial charge in [0.1, 0.15) is 5.69 Å². The fraction of sp³-hybridized carbons (Fsp3) is 0.143. The van der Waals surface area contributed by atoms with Crippen LogP contribution in [0.3, 0.4) is 0 Å². The largest absolute Gasteiger partial charge is 0.396 e. The van der Waals surface area contributed by atoms with Gasteiger partial charge in [0.25, 0.3) is 5.91 Å². The van der Waals surface area contributed by atoms with E-state index < -0.39 is 0 Å². The summed E-state index contributed by atoms with van der Waals surface area (Å²) in [5, 5.41) is 14.3. The standard InChI is InChI=1S/C21H17ClN2O3/c22-15-6-4-13(5-7-15)12-23-21(27)18-11-19(26)17-3-1-2-14-10-16(8-9-25)24(18)20(14)17/h1-7,10-11,25H,8-9,12H2,(H,23,27). The van der Waals surface area contributed by atoms with E-state index in [0.29, 0.717) is 28.9 Å². The molecule has 4 rings (SSSR count). The Hall–Kier alpha value is -2.89. The first kappa shape index (κ1) is 17.5. The average molecular weight is 381 g/mol. The van der Waals surface area contributed by atoms with Gasteiger partial charge < -0.3 is 14.8 Å². The van der Waals surface area contributed by atoms with E-state index in [9.17, 15) is 14.7 Å². The number of hydrogen-bond acceptors (Lipinski definition) is 3. The van der Waals surface area contributed by atoms with Crippen molar-refractivity contribution >= 4 is 33.8 Å². The molecule has 0 saturated heterocycles. The van der Waals surface area contributed by atoms with Crippen molar-refractivity contribution in [1.82, 2.24) is 9.72 Å². The van der Waals surface area contributed by atoms with E-state index >= 15 is 0 Å². The maximum atomic E-state index is 12.8. The summed E-state index contributed by atoms with van der Waals surface area (Å²) in [5.41, 5.74) is 2.49. The van der Waals surface area contributed by atoms with E-state index in [0.717, 1.165) is 16.6 Å². The van der Waals surface area contributed by atoms with E-state index in [-0.39, 0.29) is 23.6 Å².